The normalized spacial score (nSPS) is 36.3. The maximum atomic E-state index is 12.2. The Hall–Kier alpha value is 0.140. The van der Waals surface area contributed by atoms with Crippen LogP contribution >= 0.6 is 22.6 Å². The van der Waals surface area contributed by atoms with Crippen molar-refractivity contribution in [3.8, 4) is 0 Å². The van der Waals surface area contributed by atoms with Crippen LogP contribution in [-0.2, 0) is 4.79 Å². The van der Waals surface area contributed by atoms with Crippen LogP contribution in [0.4, 0.5) is 0 Å². The zero-order valence-corrected chi connectivity index (χ0v) is 12.7. The predicted molar refractivity (Wildman–Crippen MR) is 77.7 cm³/mol. The molecule has 92 valence electrons. The number of rotatable bonds is 5. The van der Waals surface area contributed by atoms with E-state index in [0.29, 0.717) is 11.8 Å². The summed E-state index contributed by atoms with van der Waals surface area (Å²) in [5.41, 5.74) is -0.250. The van der Waals surface area contributed by atoms with E-state index in [9.17, 15) is 4.79 Å². The molecule has 0 amide bonds. The number of unbranched alkanes of at least 4 members (excludes halogenated alkanes) is 1. The van der Waals surface area contributed by atoms with E-state index in [0.717, 1.165) is 25.7 Å². The Kier molecular flexibility index (Phi) is 4.86. The third-order valence-electron chi connectivity index (χ3n) is 3.90. The summed E-state index contributed by atoms with van der Waals surface area (Å²) in [6, 6.07) is 0. The van der Waals surface area contributed by atoms with E-state index in [4.69, 9.17) is 1.37 Å². The molecule has 0 bridgehead atoms. The molecule has 0 saturated heterocycles. The molecular weight excluding hydrogens is 311 g/mol. The topological polar surface area (TPSA) is 17.1 Å². The largest absolute Gasteiger partial charge is 0.299 e. The summed E-state index contributed by atoms with van der Waals surface area (Å²) in [5, 5.41) is 0. The second-order valence-corrected chi connectivity index (χ2v) is 6.05. The minimum absolute atomic E-state index is 0.176. The SMILES string of the molecule is [2H][C@H]1C[C@H](C(C)C)[C@@](C)(CCC/C=C/I)C1=O. The van der Waals surface area contributed by atoms with Gasteiger partial charge in [-0.3, -0.25) is 4.79 Å². The van der Waals surface area contributed by atoms with Crippen molar-refractivity contribution in [2.45, 2.75) is 52.9 Å². The molecule has 0 spiro atoms. The molecule has 0 aromatic carbocycles. The summed E-state index contributed by atoms with van der Waals surface area (Å²) in [5.74, 6) is 1.06. The molecule has 0 aromatic heterocycles. The van der Waals surface area contributed by atoms with Gasteiger partial charge in [0.15, 0.2) is 0 Å². The molecule has 0 aliphatic heterocycles. The first-order valence-electron chi connectivity index (χ1n) is 6.73. The van der Waals surface area contributed by atoms with Gasteiger partial charge in [-0.2, -0.15) is 0 Å². The number of carbonyl (C=O) groups is 1. The Balaban J connectivity index is 2.70. The molecule has 3 atom stereocenters. The van der Waals surface area contributed by atoms with Crippen LogP contribution in [0.25, 0.3) is 0 Å². The average Bonchev–Trinajstić information content (AvgIpc) is 2.50. The van der Waals surface area contributed by atoms with Crippen molar-refractivity contribution < 1.29 is 6.17 Å². The second-order valence-electron chi connectivity index (χ2n) is 5.33. The van der Waals surface area contributed by atoms with Gasteiger partial charge < -0.3 is 0 Å². The van der Waals surface area contributed by atoms with Gasteiger partial charge in [0.25, 0.3) is 0 Å². The molecule has 0 unspecified atom stereocenters. The van der Waals surface area contributed by atoms with Crippen molar-refractivity contribution in [2.75, 3.05) is 0 Å². The van der Waals surface area contributed by atoms with Crippen LogP contribution in [0.15, 0.2) is 10.2 Å². The van der Waals surface area contributed by atoms with Crippen molar-refractivity contribution in [3.05, 3.63) is 10.2 Å². The zero-order chi connectivity index (χ0) is 13.1. The number of carbonyl (C=O) groups excluding carboxylic acids is 1. The maximum Gasteiger partial charge on any atom is 0.139 e. The van der Waals surface area contributed by atoms with Gasteiger partial charge in [-0.1, -0.05) is 49.4 Å². The molecule has 16 heavy (non-hydrogen) atoms. The van der Waals surface area contributed by atoms with Crippen molar-refractivity contribution in [2.24, 2.45) is 17.3 Å². The van der Waals surface area contributed by atoms with E-state index in [1.54, 1.807) is 0 Å². The fraction of sp³-hybridized carbons (Fsp3) is 0.786. The third-order valence-corrected chi connectivity index (χ3v) is 4.41. The van der Waals surface area contributed by atoms with Gasteiger partial charge in [-0.05, 0) is 41.6 Å². The summed E-state index contributed by atoms with van der Waals surface area (Å²) in [4.78, 5) is 12.2. The van der Waals surface area contributed by atoms with Crippen LogP contribution in [-0.4, -0.2) is 5.78 Å². The van der Waals surface area contributed by atoms with E-state index in [1.807, 2.05) is 4.08 Å². The number of hydrogen-bond donors (Lipinski definition) is 0. The molecule has 0 heterocycles. The number of halogens is 1. The van der Waals surface area contributed by atoms with Crippen LogP contribution in [0.5, 0.6) is 0 Å². The molecule has 1 aliphatic carbocycles. The van der Waals surface area contributed by atoms with Gasteiger partial charge in [0.2, 0.25) is 0 Å². The van der Waals surface area contributed by atoms with Crippen molar-refractivity contribution >= 4 is 28.4 Å². The smallest absolute Gasteiger partial charge is 0.139 e. The lowest BCUT2D eigenvalue weighted by atomic mass is 9.70. The molecule has 0 radical (unpaired) electrons. The monoisotopic (exact) mass is 335 g/mol. The quantitative estimate of drug-likeness (QED) is 0.524. The fourth-order valence-electron chi connectivity index (χ4n) is 2.88. The lowest BCUT2D eigenvalue weighted by Gasteiger charge is -2.32. The molecule has 2 heteroatoms. The fourth-order valence-corrected chi connectivity index (χ4v) is 3.24. The second kappa shape index (κ2) is 6.18. The van der Waals surface area contributed by atoms with Crippen molar-refractivity contribution in [1.29, 1.82) is 0 Å². The van der Waals surface area contributed by atoms with Gasteiger partial charge in [0.1, 0.15) is 5.78 Å². The van der Waals surface area contributed by atoms with Crippen LogP contribution in [0.1, 0.15) is 54.2 Å². The first-order chi connectivity index (χ1) is 7.93. The molecular formula is C14H23IO. The van der Waals surface area contributed by atoms with Crippen LogP contribution in [0.3, 0.4) is 0 Å². The minimum Gasteiger partial charge on any atom is -0.299 e. The van der Waals surface area contributed by atoms with Crippen LogP contribution in [0.2, 0.25) is 0 Å². The molecule has 1 nitrogen and oxygen atoms in total. The molecule has 0 N–H and O–H groups in total. The van der Waals surface area contributed by atoms with E-state index in [1.165, 1.54) is 0 Å². The highest BCUT2D eigenvalue weighted by atomic mass is 127. The Morgan fingerprint density at radius 2 is 2.38 bits per heavy atom. The standard InChI is InChI=1S/C14H23IO/c1-11(2)12-7-8-13(16)14(12,3)9-5-4-6-10-15/h6,10-12H,4-5,7-9H2,1-3H3/b10-6+/t12-,14-/m1/s1/i8D/t8-,12+,14+/m0. The summed E-state index contributed by atoms with van der Waals surface area (Å²) >= 11 is 2.22. The highest BCUT2D eigenvalue weighted by Crippen LogP contribution is 2.47. The minimum atomic E-state index is -0.479. The Morgan fingerprint density at radius 3 is 2.94 bits per heavy atom. The Morgan fingerprint density at radius 1 is 1.69 bits per heavy atom. The number of ketones is 1. The molecule has 1 rings (SSSR count). The first-order valence-corrected chi connectivity index (χ1v) is 7.39. The van der Waals surface area contributed by atoms with Gasteiger partial charge in [0.05, 0.1) is 0 Å². The van der Waals surface area contributed by atoms with E-state index in [2.05, 4.69) is 49.4 Å². The predicted octanol–water partition coefficient (Wildman–Crippen LogP) is 4.75. The average molecular weight is 335 g/mol. The summed E-state index contributed by atoms with van der Waals surface area (Å²) in [6.45, 7) is 6.44. The van der Waals surface area contributed by atoms with Crippen LogP contribution in [0, 0.1) is 17.3 Å². The maximum absolute atomic E-state index is 12.2. The lowest BCUT2D eigenvalue weighted by molar-refractivity contribution is -0.127. The lowest BCUT2D eigenvalue weighted by Crippen LogP contribution is -2.31. The van der Waals surface area contributed by atoms with Crippen molar-refractivity contribution in [1.82, 2.24) is 0 Å². The van der Waals surface area contributed by atoms with Gasteiger partial charge in [0, 0.05) is 13.2 Å². The Labute approximate surface area is 115 Å². The summed E-state index contributed by atoms with van der Waals surface area (Å²) in [7, 11) is 0. The number of allylic oxidation sites excluding steroid dienone is 1. The Bertz CT molecular complexity index is 301. The number of Topliss-reactive ketones (excluding diaryl/α,β-unsaturated/α-hetero) is 1. The van der Waals surface area contributed by atoms with E-state index >= 15 is 0 Å². The highest BCUT2D eigenvalue weighted by molar-refractivity contribution is 14.1. The van der Waals surface area contributed by atoms with E-state index in [-0.39, 0.29) is 11.2 Å². The molecule has 1 aliphatic rings. The number of hydrogen-bond acceptors (Lipinski definition) is 1. The van der Waals surface area contributed by atoms with Gasteiger partial charge >= 0.3 is 0 Å². The summed E-state index contributed by atoms with van der Waals surface area (Å²) < 4.78 is 9.90. The van der Waals surface area contributed by atoms with Crippen LogP contribution < -0.4 is 0 Å². The van der Waals surface area contributed by atoms with Gasteiger partial charge in [-0.25, -0.2) is 0 Å². The van der Waals surface area contributed by atoms with Crippen molar-refractivity contribution in [3.63, 3.8) is 0 Å². The first kappa shape index (κ1) is 12.6. The third kappa shape index (κ3) is 3.08. The summed E-state index contributed by atoms with van der Waals surface area (Å²) in [6.07, 6.45) is 5.45. The molecule has 0 aromatic rings. The van der Waals surface area contributed by atoms with E-state index < -0.39 is 6.40 Å². The molecule has 1 fully saturated rings. The highest BCUT2D eigenvalue weighted by Gasteiger charge is 2.46. The molecule has 1 saturated carbocycles. The van der Waals surface area contributed by atoms with Gasteiger partial charge in [-0.15, -0.1) is 0 Å². The zero-order valence-electron chi connectivity index (χ0n) is 11.5.